The summed E-state index contributed by atoms with van der Waals surface area (Å²) in [5.41, 5.74) is 1.35. The van der Waals surface area contributed by atoms with E-state index in [-0.39, 0.29) is 5.56 Å². The summed E-state index contributed by atoms with van der Waals surface area (Å²) in [6, 6.07) is 11.0. The van der Waals surface area contributed by atoms with Crippen molar-refractivity contribution in [2.45, 2.75) is 0 Å². The van der Waals surface area contributed by atoms with Gasteiger partial charge in [-0.2, -0.15) is 0 Å². The van der Waals surface area contributed by atoms with Gasteiger partial charge in [-0.3, -0.25) is 4.79 Å². The van der Waals surface area contributed by atoms with Crippen molar-refractivity contribution < 1.29 is 9.18 Å². The van der Waals surface area contributed by atoms with E-state index in [0.29, 0.717) is 10.7 Å². The molecule has 0 atom stereocenters. The molecule has 2 N–H and O–H groups in total. The van der Waals surface area contributed by atoms with E-state index in [1.807, 2.05) is 6.07 Å². The summed E-state index contributed by atoms with van der Waals surface area (Å²) in [7, 11) is 1.78. The Morgan fingerprint density at radius 3 is 2.63 bits per heavy atom. The van der Waals surface area contributed by atoms with Gasteiger partial charge in [-0.1, -0.05) is 17.7 Å². The predicted molar refractivity (Wildman–Crippen MR) is 75.4 cm³/mol. The maximum atomic E-state index is 13.5. The van der Waals surface area contributed by atoms with Gasteiger partial charge >= 0.3 is 0 Å². The standard InChI is InChI=1S/C14H12ClFN2O/c1-17-10-3-2-4-11(8-10)18-14(19)12-7-9(15)5-6-13(12)16/h2-8,17H,1H3,(H,18,19). The topological polar surface area (TPSA) is 41.1 Å². The van der Waals surface area contributed by atoms with Gasteiger partial charge in [0.2, 0.25) is 0 Å². The number of carbonyl (C=O) groups is 1. The largest absolute Gasteiger partial charge is 0.388 e. The highest BCUT2D eigenvalue weighted by molar-refractivity contribution is 6.31. The van der Waals surface area contributed by atoms with E-state index in [9.17, 15) is 9.18 Å². The number of rotatable bonds is 3. The summed E-state index contributed by atoms with van der Waals surface area (Å²) in [6.07, 6.45) is 0. The number of nitrogens with one attached hydrogen (secondary N) is 2. The monoisotopic (exact) mass is 278 g/mol. The van der Waals surface area contributed by atoms with Gasteiger partial charge in [-0.05, 0) is 36.4 Å². The molecule has 0 bridgehead atoms. The van der Waals surface area contributed by atoms with Gasteiger partial charge in [0, 0.05) is 23.4 Å². The van der Waals surface area contributed by atoms with Crippen LogP contribution in [0.4, 0.5) is 15.8 Å². The number of carbonyl (C=O) groups excluding carboxylic acids is 1. The summed E-state index contributed by atoms with van der Waals surface area (Å²) in [5, 5.41) is 5.89. The van der Waals surface area contributed by atoms with Gasteiger partial charge in [0.05, 0.1) is 5.56 Å². The molecular weight excluding hydrogens is 267 g/mol. The molecule has 2 rings (SSSR count). The van der Waals surface area contributed by atoms with E-state index in [1.54, 1.807) is 25.2 Å². The van der Waals surface area contributed by atoms with Gasteiger partial charge in [0.25, 0.3) is 5.91 Å². The number of halogens is 2. The molecule has 5 heteroatoms. The normalized spacial score (nSPS) is 10.1. The summed E-state index contributed by atoms with van der Waals surface area (Å²) in [4.78, 5) is 12.0. The Morgan fingerprint density at radius 2 is 1.89 bits per heavy atom. The van der Waals surface area contributed by atoms with Crippen LogP contribution < -0.4 is 10.6 Å². The molecule has 0 aliphatic heterocycles. The molecule has 0 saturated heterocycles. The second kappa shape index (κ2) is 5.71. The van der Waals surface area contributed by atoms with Crippen molar-refractivity contribution in [2.75, 3.05) is 17.7 Å². The second-order valence-electron chi connectivity index (χ2n) is 3.91. The third-order valence-electron chi connectivity index (χ3n) is 2.58. The van der Waals surface area contributed by atoms with Gasteiger partial charge in [-0.15, -0.1) is 0 Å². The first-order valence-electron chi connectivity index (χ1n) is 5.64. The first-order chi connectivity index (χ1) is 9.10. The van der Waals surface area contributed by atoms with Crippen LogP contribution in [-0.4, -0.2) is 13.0 Å². The Bertz CT molecular complexity index is 616. The summed E-state index contributed by atoms with van der Waals surface area (Å²) >= 11 is 5.75. The molecule has 0 aliphatic carbocycles. The highest BCUT2D eigenvalue weighted by Crippen LogP contribution is 2.18. The molecule has 0 heterocycles. The fourth-order valence-electron chi connectivity index (χ4n) is 1.62. The van der Waals surface area contributed by atoms with Crippen LogP contribution in [0.25, 0.3) is 0 Å². The molecule has 1 amide bonds. The fourth-order valence-corrected chi connectivity index (χ4v) is 1.79. The van der Waals surface area contributed by atoms with Crippen LogP contribution in [0, 0.1) is 5.82 Å². The average molecular weight is 279 g/mol. The molecule has 0 unspecified atom stereocenters. The first-order valence-corrected chi connectivity index (χ1v) is 6.02. The lowest BCUT2D eigenvalue weighted by atomic mass is 10.2. The molecule has 2 aromatic rings. The van der Waals surface area contributed by atoms with Crippen molar-refractivity contribution in [3.8, 4) is 0 Å². The molecular formula is C14H12ClFN2O. The van der Waals surface area contributed by atoms with E-state index >= 15 is 0 Å². The molecule has 98 valence electrons. The lowest BCUT2D eigenvalue weighted by molar-refractivity contribution is 0.102. The maximum absolute atomic E-state index is 13.5. The van der Waals surface area contributed by atoms with Gasteiger partial charge in [0.15, 0.2) is 0 Å². The van der Waals surface area contributed by atoms with Crippen molar-refractivity contribution in [1.82, 2.24) is 0 Å². The lowest BCUT2D eigenvalue weighted by Gasteiger charge is -2.08. The Balaban J connectivity index is 2.23. The van der Waals surface area contributed by atoms with E-state index in [1.165, 1.54) is 18.2 Å². The molecule has 0 fully saturated rings. The van der Waals surface area contributed by atoms with Gasteiger partial charge < -0.3 is 10.6 Å². The zero-order valence-electron chi connectivity index (χ0n) is 10.2. The van der Waals surface area contributed by atoms with Gasteiger partial charge in [0.1, 0.15) is 5.82 Å². The number of amides is 1. The van der Waals surface area contributed by atoms with Crippen LogP contribution in [0.15, 0.2) is 42.5 Å². The Labute approximate surface area is 115 Å². The van der Waals surface area contributed by atoms with Crippen LogP contribution in [0.5, 0.6) is 0 Å². The zero-order chi connectivity index (χ0) is 13.8. The second-order valence-corrected chi connectivity index (χ2v) is 4.35. The third-order valence-corrected chi connectivity index (χ3v) is 2.82. The maximum Gasteiger partial charge on any atom is 0.258 e. The molecule has 0 aliphatic rings. The minimum atomic E-state index is -0.605. The average Bonchev–Trinajstić information content (AvgIpc) is 2.41. The Morgan fingerprint density at radius 1 is 1.16 bits per heavy atom. The van der Waals surface area contributed by atoms with Crippen LogP contribution >= 0.6 is 11.6 Å². The molecule has 0 radical (unpaired) electrons. The number of benzene rings is 2. The summed E-state index contributed by atoms with van der Waals surface area (Å²) in [5.74, 6) is -1.14. The first kappa shape index (κ1) is 13.4. The van der Waals surface area contributed by atoms with Crippen molar-refractivity contribution in [3.05, 3.63) is 58.9 Å². The molecule has 3 nitrogen and oxygen atoms in total. The highest BCUT2D eigenvalue weighted by Gasteiger charge is 2.12. The Hall–Kier alpha value is -2.07. The van der Waals surface area contributed by atoms with Crippen LogP contribution in [0.1, 0.15) is 10.4 Å². The van der Waals surface area contributed by atoms with Crippen LogP contribution in [0.2, 0.25) is 5.02 Å². The minimum Gasteiger partial charge on any atom is -0.388 e. The zero-order valence-corrected chi connectivity index (χ0v) is 11.0. The Kier molecular flexibility index (Phi) is 4.02. The van der Waals surface area contributed by atoms with Crippen molar-refractivity contribution in [2.24, 2.45) is 0 Å². The van der Waals surface area contributed by atoms with Crippen LogP contribution in [0.3, 0.4) is 0 Å². The quantitative estimate of drug-likeness (QED) is 0.897. The smallest absolute Gasteiger partial charge is 0.258 e. The highest BCUT2D eigenvalue weighted by atomic mass is 35.5. The molecule has 2 aromatic carbocycles. The van der Waals surface area contributed by atoms with Crippen molar-refractivity contribution >= 4 is 28.9 Å². The van der Waals surface area contributed by atoms with E-state index in [0.717, 1.165) is 5.69 Å². The third kappa shape index (κ3) is 3.23. The number of hydrogen-bond acceptors (Lipinski definition) is 2. The summed E-state index contributed by atoms with van der Waals surface area (Å²) < 4.78 is 13.5. The molecule has 19 heavy (non-hydrogen) atoms. The van der Waals surface area contributed by atoms with Crippen LogP contribution in [-0.2, 0) is 0 Å². The minimum absolute atomic E-state index is 0.0811. The van der Waals surface area contributed by atoms with Crippen molar-refractivity contribution in [1.29, 1.82) is 0 Å². The lowest BCUT2D eigenvalue weighted by Crippen LogP contribution is -2.13. The van der Waals surface area contributed by atoms with E-state index < -0.39 is 11.7 Å². The van der Waals surface area contributed by atoms with Gasteiger partial charge in [-0.25, -0.2) is 4.39 Å². The summed E-state index contributed by atoms with van der Waals surface area (Å²) in [6.45, 7) is 0. The fraction of sp³-hybridized carbons (Fsp3) is 0.0714. The molecule has 0 spiro atoms. The number of hydrogen-bond donors (Lipinski definition) is 2. The predicted octanol–water partition coefficient (Wildman–Crippen LogP) is 3.77. The van der Waals surface area contributed by atoms with E-state index in [4.69, 9.17) is 11.6 Å². The SMILES string of the molecule is CNc1cccc(NC(=O)c2cc(Cl)ccc2F)c1. The number of anilines is 2. The van der Waals surface area contributed by atoms with E-state index in [2.05, 4.69) is 10.6 Å². The van der Waals surface area contributed by atoms with Crippen molar-refractivity contribution in [3.63, 3.8) is 0 Å². The molecule has 0 aromatic heterocycles. The molecule has 0 saturated carbocycles.